The van der Waals surface area contributed by atoms with E-state index in [2.05, 4.69) is 4.98 Å². The van der Waals surface area contributed by atoms with E-state index in [0.717, 1.165) is 5.56 Å². The van der Waals surface area contributed by atoms with Crippen molar-refractivity contribution in [3.63, 3.8) is 0 Å². The zero-order valence-corrected chi connectivity index (χ0v) is 10.6. The van der Waals surface area contributed by atoms with Crippen molar-refractivity contribution in [2.75, 3.05) is 0 Å². The Labute approximate surface area is 112 Å². The molecule has 1 aromatic heterocycles. The first-order valence-corrected chi connectivity index (χ1v) is 5.87. The molecule has 0 fully saturated rings. The Bertz CT molecular complexity index is 619. The van der Waals surface area contributed by atoms with Gasteiger partial charge in [0.25, 0.3) is 11.8 Å². The van der Waals surface area contributed by atoms with Crippen molar-refractivity contribution in [3.8, 4) is 11.6 Å². The van der Waals surface area contributed by atoms with Crippen LogP contribution >= 0.6 is 11.6 Å². The molecule has 0 radical (unpaired) electrons. The Morgan fingerprint density at radius 3 is 2.58 bits per heavy atom. The Balaban J connectivity index is 2.33. The van der Waals surface area contributed by atoms with Gasteiger partial charge in [0.05, 0.1) is 0 Å². The molecule has 0 amide bonds. The van der Waals surface area contributed by atoms with E-state index < -0.39 is 23.5 Å². The van der Waals surface area contributed by atoms with Crippen LogP contribution in [0.4, 0.5) is 13.2 Å². The van der Waals surface area contributed by atoms with Gasteiger partial charge in [-0.15, -0.1) is 0 Å². The highest BCUT2D eigenvalue weighted by molar-refractivity contribution is 6.31. The van der Waals surface area contributed by atoms with Crippen LogP contribution in [0.2, 0.25) is 5.02 Å². The predicted molar refractivity (Wildman–Crippen MR) is 65.0 cm³/mol. The van der Waals surface area contributed by atoms with Crippen molar-refractivity contribution in [1.82, 2.24) is 4.98 Å². The summed E-state index contributed by atoms with van der Waals surface area (Å²) in [4.78, 5) is 3.07. The third-order valence-corrected chi connectivity index (χ3v) is 2.84. The Hall–Kier alpha value is -1.75. The third kappa shape index (κ3) is 2.98. The second-order valence-electron chi connectivity index (χ2n) is 3.76. The van der Waals surface area contributed by atoms with Crippen LogP contribution in [0, 0.1) is 17.6 Å². The monoisotopic (exact) mass is 287 g/mol. The van der Waals surface area contributed by atoms with Gasteiger partial charge in [-0.1, -0.05) is 18.5 Å². The van der Waals surface area contributed by atoms with Crippen LogP contribution in [0.25, 0.3) is 0 Å². The van der Waals surface area contributed by atoms with Crippen LogP contribution in [-0.2, 0) is 6.42 Å². The van der Waals surface area contributed by atoms with Gasteiger partial charge in [-0.05, 0) is 30.2 Å². The number of aromatic nitrogens is 1. The molecule has 0 aliphatic carbocycles. The number of hydrogen-bond acceptors (Lipinski definition) is 2. The van der Waals surface area contributed by atoms with Crippen LogP contribution in [-0.4, -0.2) is 4.98 Å². The minimum Gasteiger partial charge on any atom is -0.436 e. The molecule has 0 spiro atoms. The van der Waals surface area contributed by atoms with Crippen LogP contribution in [0.1, 0.15) is 12.5 Å². The van der Waals surface area contributed by atoms with Crippen molar-refractivity contribution >= 4 is 11.6 Å². The molecule has 0 bridgehead atoms. The molecule has 0 unspecified atom stereocenters. The molecule has 6 heteroatoms. The molecule has 1 heterocycles. The normalized spacial score (nSPS) is 10.6. The Morgan fingerprint density at radius 1 is 1.16 bits per heavy atom. The first kappa shape index (κ1) is 13.7. The van der Waals surface area contributed by atoms with Crippen molar-refractivity contribution in [1.29, 1.82) is 0 Å². The SMILES string of the molecule is CCc1cc(Oc2nc(F)c(F)cc2F)ccc1Cl. The zero-order chi connectivity index (χ0) is 14.0. The number of nitrogens with zero attached hydrogens (tertiary/aromatic N) is 1. The molecule has 0 N–H and O–H groups in total. The largest absolute Gasteiger partial charge is 0.436 e. The summed E-state index contributed by atoms with van der Waals surface area (Å²) in [6, 6.07) is 5.04. The van der Waals surface area contributed by atoms with E-state index in [0.29, 0.717) is 17.5 Å². The lowest BCUT2D eigenvalue weighted by atomic mass is 10.1. The molecule has 2 aromatic rings. The lowest BCUT2D eigenvalue weighted by Crippen LogP contribution is -1.98. The first-order chi connectivity index (χ1) is 9.01. The van der Waals surface area contributed by atoms with E-state index in [1.54, 1.807) is 12.1 Å². The van der Waals surface area contributed by atoms with Crippen molar-refractivity contribution in [2.24, 2.45) is 0 Å². The summed E-state index contributed by atoms with van der Waals surface area (Å²) in [6.07, 6.45) is 0.656. The predicted octanol–water partition coefficient (Wildman–Crippen LogP) is 4.51. The molecule has 0 aliphatic rings. The summed E-state index contributed by atoms with van der Waals surface area (Å²) < 4.78 is 44.1. The lowest BCUT2D eigenvalue weighted by molar-refractivity contribution is 0.387. The standard InChI is InChI=1S/C13H9ClF3NO/c1-2-7-5-8(3-4-9(7)14)19-13-11(16)6-10(15)12(17)18-13/h3-6H,2H2,1H3. The number of ether oxygens (including phenoxy) is 1. The van der Waals surface area contributed by atoms with Gasteiger partial charge in [-0.25, -0.2) is 8.78 Å². The Kier molecular flexibility index (Phi) is 3.95. The van der Waals surface area contributed by atoms with Gasteiger partial charge in [-0.3, -0.25) is 0 Å². The highest BCUT2D eigenvalue weighted by Crippen LogP contribution is 2.27. The van der Waals surface area contributed by atoms with Crippen LogP contribution in [0.5, 0.6) is 11.6 Å². The minimum atomic E-state index is -1.42. The molecule has 100 valence electrons. The lowest BCUT2D eigenvalue weighted by Gasteiger charge is -2.08. The van der Waals surface area contributed by atoms with Crippen LogP contribution in [0.3, 0.4) is 0 Å². The van der Waals surface area contributed by atoms with Crippen LogP contribution < -0.4 is 4.74 Å². The third-order valence-electron chi connectivity index (χ3n) is 2.47. The van der Waals surface area contributed by atoms with Gasteiger partial charge >= 0.3 is 0 Å². The van der Waals surface area contributed by atoms with Gasteiger partial charge in [0, 0.05) is 11.1 Å². The molecule has 0 atom stereocenters. The summed E-state index contributed by atoms with van der Waals surface area (Å²) in [5, 5.41) is 0.550. The van der Waals surface area contributed by atoms with Gasteiger partial charge in [0.15, 0.2) is 11.6 Å². The fourth-order valence-corrected chi connectivity index (χ4v) is 1.75. The molecular weight excluding hydrogens is 279 g/mol. The highest BCUT2D eigenvalue weighted by atomic mass is 35.5. The number of hydrogen-bond donors (Lipinski definition) is 0. The summed E-state index contributed by atoms with van der Waals surface area (Å²) >= 11 is 5.92. The quantitative estimate of drug-likeness (QED) is 0.775. The van der Waals surface area contributed by atoms with E-state index in [-0.39, 0.29) is 5.75 Å². The minimum absolute atomic E-state index is 0.249. The van der Waals surface area contributed by atoms with Gasteiger partial charge < -0.3 is 4.74 Å². The second-order valence-corrected chi connectivity index (χ2v) is 4.16. The van der Waals surface area contributed by atoms with E-state index in [1.165, 1.54) is 6.07 Å². The van der Waals surface area contributed by atoms with Crippen molar-refractivity contribution in [2.45, 2.75) is 13.3 Å². The van der Waals surface area contributed by atoms with E-state index in [9.17, 15) is 13.2 Å². The van der Waals surface area contributed by atoms with Gasteiger partial charge in [0.1, 0.15) is 5.75 Å². The second kappa shape index (κ2) is 5.48. The Morgan fingerprint density at radius 2 is 1.89 bits per heavy atom. The zero-order valence-electron chi connectivity index (χ0n) is 9.88. The topological polar surface area (TPSA) is 22.1 Å². The molecule has 19 heavy (non-hydrogen) atoms. The number of benzene rings is 1. The molecule has 0 saturated heterocycles. The molecule has 0 saturated carbocycles. The fraction of sp³-hybridized carbons (Fsp3) is 0.154. The number of halogens is 4. The average molecular weight is 288 g/mol. The van der Waals surface area contributed by atoms with Crippen molar-refractivity contribution < 1.29 is 17.9 Å². The first-order valence-electron chi connectivity index (χ1n) is 5.49. The summed E-state index contributed by atoms with van der Waals surface area (Å²) in [6.45, 7) is 1.89. The smallest absolute Gasteiger partial charge is 0.258 e. The van der Waals surface area contributed by atoms with E-state index in [1.807, 2.05) is 6.92 Å². The molecule has 2 rings (SSSR count). The summed E-state index contributed by atoms with van der Waals surface area (Å²) in [5.74, 6) is -4.23. The molecule has 2 nitrogen and oxygen atoms in total. The maximum atomic E-state index is 13.4. The van der Waals surface area contributed by atoms with E-state index in [4.69, 9.17) is 16.3 Å². The van der Waals surface area contributed by atoms with Crippen LogP contribution in [0.15, 0.2) is 24.3 Å². The van der Waals surface area contributed by atoms with Gasteiger partial charge in [-0.2, -0.15) is 9.37 Å². The van der Waals surface area contributed by atoms with Crippen molar-refractivity contribution in [3.05, 3.63) is 52.4 Å². The molecular formula is C13H9ClF3NO. The fourth-order valence-electron chi connectivity index (χ4n) is 1.50. The molecule has 0 aliphatic heterocycles. The maximum absolute atomic E-state index is 13.4. The van der Waals surface area contributed by atoms with Gasteiger partial charge in [0.2, 0.25) is 0 Å². The summed E-state index contributed by atoms with van der Waals surface area (Å²) in [7, 11) is 0. The number of aryl methyl sites for hydroxylation is 1. The number of rotatable bonds is 3. The molecule has 1 aromatic carbocycles. The number of pyridine rings is 1. The maximum Gasteiger partial charge on any atom is 0.258 e. The van der Waals surface area contributed by atoms with E-state index >= 15 is 0 Å². The highest BCUT2D eigenvalue weighted by Gasteiger charge is 2.14. The average Bonchev–Trinajstić information content (AvgIpc) is 2.38. The summed E-state index contributed by atoms with van der Waals surface area (Å²) in [5.41, 5.74) is 0.794.